The van der Waals surface area contributed by atoms with Crippen molar-refractivity contribution in [2.24, 2.45) is 0 Å². The summed E-state index contributed by atoms with van der Waals surface area (Å²) in [7, 11) is 0. The number of carbonyl (C=O) groups excluding carboxylic acids is 2. The number of amides is 2. The second kappa shape index (κ2) is 8.12. The van der Waals surface area contributed by atoms with Crippen LogP contribution in [0.2, 0.25) is 0 Å². The van der Waals surface area contributed by atoms with E-state index in [-0.39, 0.29) is 23.6 Å². The Morgan fingerprint density at radius 3 is 2.81 bits per heavy atom. The lowest BCUT2D eigenvalue weighted by molar-refractivity contribution is -0.123. The van der Waals surface area contributed by atoms with Crippen molar-refractivity contribution in [3.63, 3.8) is 0 Å². The van der Waals surface area contributed by atoms with Crippen LogP contribution in [0.5, 0.6) is 0 Å². The van der Waals surface area contributed by atoms with Gasteiger partial charge in [0.05, 0.1) is 6.26 Å². The largest absolute Gasteiger partial charge is 0.459 e. The normalized spacial score (nSPS) is 16.6. The van der Waals surface area contributed by atoms with Crippen molar-refractivity contribution in [1.29, 1.82) is 0 Å². The first-order valence-corrected chi connectivity index (χ1v) is 8.73. The quantitative estimate of drug-likeness (QED) is 0.810. The van der Waals surface area contributed by atoms with E-state index in [0.717, 1.165) is 18.6 Å². The number of hydrogen-bond acceptors (Lipinski definition) is 4. The van der Waals surface area contributed by atoms with Crippen molar-refractivity contribution in [2.75, 3.05) is 12.0 Å². The summed E-state index contributed by atoms with van der Waals surface area (Å²) in [5.41, 5.74) is 0. The lowest BCUT2D eigenvalue weighted by Gasteiger charge is -2.20. The topological polar surface area (TPSA) is 71.3 Å². The van der Waals surface area contributed by atoms with Gasteiger partial charge >= 0.3 is 0 Å². The summed E-state index contributed by atoms with van der Waals surface area (Å²) in [6, 6.07) is 3.01. The van der Waals surface area contributed by atoms with Crippen LogP contribution in [0.4, 0.5) is 0 Å². The number of carbonyl (C=O) groups is 2. The number of hydrogen-bond donors (Lipinski definition) is 2. The number of rotatable bonds is 7. The summed E-state index contributed by atoms with van der Waals surface area (Å²) in [5.74, 6) is 0.627. The minimum atomic E-state index is -0.504. The molecule has 1 aromatic heterocycles. The van der Waals surface area contributed by atoms with E-state index in [1.807, 2.05) is 6.26 Å². The molecule has 0 aliphatic heterocycles. The Bertz CT molecular complexity index is 455. The molecule has 2 amide bonds. The van der Waals surface area contributed by atoms with E-state index in [0.29, 0.717) is 6.42 Å². The smallest absolute Gasteiger partial charge is 0.287 e. The van der Waals surface area contributed by atoms with Crippen LogP contribution in [0.1, 0.15) is 42.7 Å². The third-order valence-electron chi connectivity index (χ3n) is 3.68. The minimum Gasteiger partial charge on any atom is -0.459 e. The molecule has 0 spiro atoms. The molecule has 1 heterocycles. The van der Waals surface area contributed by atoms with Gasteiger partial charge in [0.25, 0.3) is 5.91 Å². The lowest BCUT2D eigenvalue weighted by Crippen LogP contribution is -2.49. The average molecular weight is 310 g/mol. The molecule has 1 aromatic rings. The molecule has 1 aliphatic rings. The van der Waals surface area contributed by atoms with Gasteiger partial charge in [-0.1, -0.05) is 12.8 Å². The van der Waals surface area contributed by atoms with Gasteiger partial charge in [-0.2, -0.15) is 11.8 Å². The second-order valence-corrected chi connectivity index (χ2v) is 6.26. The van der Waals surface area contributed by atoms with E-state index >= 15 is 0 Å². The molecule has 1 fully saturated rings. The van der Waals surface area contributed by atoms with Crippen LogP contribution in [0.3, 0.4) is 0 Å². The lowest BCUT2D eigenvalue weighted by atomic mass is 10.1. The monoisotopic (exact) mass is 310 g/mol. The van der Waals surface area contributed by atoms with E-state index in [1.54, 1.807) is 23.9 Å². The van der Waals surface area contributed by atoms with Gasteiger partial charge in [-0.25, -0.2) is 0 Å². The van der Waals surface area contributed by atoms with E-state index in [1.165, 1.54) is 19.1 Å². The molecule has 21 heavy (non-hydrogen) atoms. The van der Waals surface area contributed by atoms with Crippen molar-refractivity contribution in [3.05, 3.63) is 24.2 Å². The fraction of sp³-hybridized carbons (Fsp3) is 0.600. The molecule has 1 aliphatic carbocycles. The molecular weight excluding hydrogens is 288 g/mol. The Morgan fingerprint density at radius 1 is 1.43 bits per heavy atom. The highest BCUT2D eigenvalue weighted by Gasteiger charge is 2.25. The van der Waals surface area contributed by atoms with Crippen LogP contribution in [0.15, 0.2) is 22.8 Å². The van der Waals surface area contributed by atoms with Gasteiger partial charge in [-0.3, -0.25) is 9.59 Å². The molecule has 0 saturated heterocycles. The predicted molar refractivity (Wildman–Crippen MR) is 83.4 cm³/mol. The molecule has 0 aromatic carbocycles. The first kappa shape index (κ1) is 15.9. The molecular formula is C15H22N2O3S. The molecule has 6 heteroatoms. The fourth-order valence-corrected chi connectivity index (χ4v) is 2.98. The van der Waals surface area contributed by atoms with Crippen molar-refractivity contribution in [1.82, 2.24) is 10.6 Å². The highest BCUT2D eigenvalue weighted by atomic mass is 32.2. The van der Waals surface area contributed by atoms with Crippen LogP contribution < -0.4 is 10.6 Å². The molecule has 1 saturated carbocycles. The van der Waals surface area contributed by atoms with Gasteiger partial charge < -0.3 is 15.1 Å². The van der Waals surface area contributed by atoms with Gasteiger partial charge in [0, 0.05) is 6.04 Å². The maximum atomic E-state index is 12.3. The Hall–Kier alpha value is -1.43. The summed E-state index contributed by atoms with van der Waals surface area (Å²) in [5, 5.41) is 5.81. The molecule has 1 atom stereocenters. The summed E-state index contributed by atoms with van der Waals surface area (Å²) in [6.07, 6.45) is 8.45. The third kappa shape index (κ3) is 4.81. The highest BCUT2D eigenvalue weighted by molar-refractivity contribution is 7.98. The molecule has 0 bridgehead atoms. The van der Waals surface area contributed by atoms with E-state index in [9.17, 15) is 9.59 Å². The minimum absolute atomic E-state index is 0.0872. The average Bonchev–Trinajstić information content (AvgIpc) is 3.15. The molecule has 0 unspecified atom stereocenters. The SMILES string of the molecule is CSCC[C@H](NC(=O)c1ccco1)C(=O)NC1CCCC1. The molecule has 2 rings (SSSR count). The predicted octanol–water partition coefficient (Wildman–Crippen LogP) is 2.19. The molecule has 0 radical (unpaired) electrons. The zero-order chi connectivity index (χ0) is 15.1. The van der Waals surface area contributed by atoms with Crippen LogP contribution in [0.25, 0.3) is 0 Å². The van der Waals surface area contributed by atoms with Crippen LogP contribution >= 0.6 is 11.8 Å². The third-order valence-corrected chi connectivity index (χ3v) is 4.32. The first-order chi connectivity index (χ1) is 10.2. The number of thioether (sulfide) groups is 1. The summed E-state index contributed by atoms with van der Waals surface area (Å²) in [4.78, 5) is 24.4. The van der Waals surface area contributed by atoms with Crippen molar-refractivity contribution in [2.45, 2.75) is 44.2 Å². The zero-order valence-corrected chi connectivity index (χ0v) is 13.1. The molecule has 5 nitrogen and oxygen atoms in total. The maximum absolute atomic E-state index is 12.3. The Labute approximate surface area is 129 Å². The Kier molecular flexibility index (Phi) is 6.17. The second-order valence-electron chi connectivity index (χ2n) is 5.27. The number of nitrogens with one attached hydrogen (secondary N) is 2. The fourth-order valence-electron chi connectivity index (χ4n) is 2.51. The van der Waals surface area contributed by atoms with Crippen LogP contribution in [0, 0.1) is 0 Å². The van der Waals surface area contributed by atoms with Gasteiger partial charge in [0.2, 0.25) is 5.91 Å². The van der Waals surface area contributed by atoms with Crippen molar-refractivity contribution in [3.8, 4) is 0 Å². The van der Waals surface area contributed by atoms with Crippen molar-refractivity contribution < 1.29 is 14.0 Å². The van der Waals surface area contributed by atoms with Gasteiger partial charge in [-0.15, -0.1) is 0 Å². The maximum Gasteiger partial charge on any atom is 0.287 e. The van der Waals surface area contributed by atoms with Gasteiger partial charge in [0.15, 0.2) is 5.76 Å². The van der Waals surface area contributed by atoms with E-state index in [2.05, 4.69) is 10.6 Å². The van der Waals surface area contributed by atoms with E-state index < -0.39 is 6.04 Å². The van der Waals surface area contributed by atoms with Gasteiger partial charge in [0.1, 0.15) is 6.04 Å². The summed E-state index contributed by atoms with van der Waals surface area (Å²) in [6.45, 7) is 0. The van der Waals surface area contributed by atoms with Gasteiger partial charge in [-0.05, 0) is 43.4 Å². The van der Waals surface area contributed by atoms with E-state index in [4.69, 9.17) is 4.42 Å². The van der Waals surface area contributed by atoms with Crippen LogP contribution in [-0.2, 0) is 4.79 Å². The first-order valence-electron chi connectivity index (χ1n) is 7.34. The Balaban J connectivity index is 1.92. The number of furan rings is 1. The summed E-state index contributed by atoms with van der Waals surface area (Å²) >= 11 is 1.66. The highest BCUT2D eigenvalue weighted by Crippen LogP contribution is 2.18. The van der Waals surface area contributed by atoms with Crippen molar-refractivity contribution >= 4 is 23.6 Å². The molecule has 116 valence electrons. The zero-order valence-electron chi connectivity index (χ0n) is 12.3. The van der Waals surface area contributed by atoms with Crippen LogP contribution in [-0.4, -0.2) is 35.9 Å². The molecule has 2 N–H and O–H groups in total. The Morgan fingerprint density at radius 2 is 2.19 bits per heavy atom. The standard InChI is InChI=1S/C15H22N2O3S/c1-21-10-8-12(14(18)16-11-5-2-3-6-11)17-15(19)13-7-4-9-20-13/h4,7,9,11-12H,2-3,5-6,8,10H2,1H3,(H,16,18)(H,17,19)/t12-/m0/s1. The summed E-state index contributed by atoms with van der Waals surface area (Å²) < 4.78 is 5.06.